The molecule has 0 aliphatic heterocycles. The van der Waals surface area contributed by atoms with Crippen molar-refractivity contribution in [2.75, 3.05) is 19.8 Å². The number of carbonyl (C=O) groups excluding carboxylic acids is 2. The van der Waals surface area contributed by atoms with E-state index in [0.717, 1.165) is 6.42 Å². The predicted molar refractivity (Wildman–Crippen MR) is 134 cm³/mol. The molecule has 34 heavy (non-hydrogen) atoms. The molecule has 7 heteroatoms. The minimum atomic E-state index is -0.506. The van der Waals surface area contributed by atoms with Crippen LogP contribution in [0.2, 0.25) is 5.02 Å². The van der Waals surface area contributed by atoms with Crippen LogP contribution < -0.4 is 15.4 Å². The van der Waals surface area contributed by atoms with Crippen molar-refractivity contribution >= 4 is 29.5 Å². The maximum absolute atomic E-state index is 12.8. The van der Waals surface area contributed by atoms with Crippen molar-refractivity contribution in [1.82, 2.24) is 10.6 Å². The Labute approximate surface area is 204 Å². The van der Waals surface area contributed by atoms with E-state index in [1.54, 1.807) is 54.6 Å². The lowest BCUT2D eigenvalue weighted by molar-refractivity contribution is -0.117. The molecule has 3 rings (SSSR count). The number of rotatable bonds is 10. The van der Waals surface area contributed by atoms with Gasteiger partial charge in [-0.3, -0.25) is 9.59 Å². The van der Waals surface area contributed by atoms with E-state index in [9.17, 15) is 9.59 Å². The molecular weight excluding hydrogens is 452 g/mol. The van der Waals surface area contributed by atoms with Gasteiger partial charge in [-0.05, 0) is 60.5 Å². The molecule has 0 aliphatic carbocycles. The van der Waals surface area contributed by atoms with Crippen LogP contribution >= 0.6 is 11.6 Å². The third-order valence-electron chi connectivity index (χ3n) is 4.93. The van der Waals surface area contributed by atoms with E-state index in [-0.39, 0.29) is 18.8 Å². The number of aliphatic hydroxyl groups excluding tert-OH is 1. The molecule has 0 spiro atoms. The molecule has 0 heterocycles. The smallest absolute Gasteiger partial charge is 0.267 e. The van der Waals surface area contributed by atoms with Crippen molar-refractivity contribution in [1.29, 1.82) is 0 Å². The standard InChI is InChI=1S/C27H27ClN2O4/c1-19-3-2-4-20(17-19)13-16-34-24-11-7-22(8-12-24)26(32)30-25(27(33)29-14-15-31)18-21-5-9-23(28)10-6-21/h2-12,17-18,31H,13-16H2,1H3,(H,29,33)(H,30,32)/b25-18-. The van der Waals surface area contributed by atoms with Crippen LogP contribution in [0.4, 0.5) is 0 Å². The van der Waals surface area contributed by atoms with E-state index in [1.165, 1.54) is 11.1 Å². The van der Waals surface area contributed by atoms with Gasteiger partial charge in [-0.2, -0.15) is 0 Å². The number of carbonyl (C=O) groups is 2. The van der Waals surface area contributed by atoms with Crippen LogP contribution in [-0.4, -0.2) is 36.7 Å². The zero-order chi connectivity index (χ0) is 24.3. The van der Waals surface area contributed by atoms with Crippen molar-refractivity contribution in [3.05, 3.63) is 106 Å². The number of nitrogens with one attached hydrogen (secondary N) is 2. The average molecular weight is 479 g/mol. The first-order valence-electron chi connectivity index (χ1n) is 10.9. The molecule has 0 bridgehead atoms. The minimum absolute atomic E-state index is 0.0549. The molecule has 0 atom stereocenters. The molecule has 0 radical (unpaired) electrons. The third-order valence-corrected chi connectivity index (χ3v) is 5.18. The SMILES string of the molecule is Cc1cccc(CCOc2ccc(C(=O)N/C(=C\c3ccc(Cl)cc3)C(=O)NCCO)cc2)c1. The Morgan fingerprint density at radius 3 is 2.44 bits per heavy atom. The Morgan fingerprint density at radius 1 is 1.03 bits per heavy atom. The molecule has 0 saturated heterocycles. The summed E-state index contributed by atoms with van der Waals surface area (Å²) in [5.41, 5.74) is 3.54. The van der Waals surface area contributed by atoms with Crippen LogP contribution in [0.25, 0.3) is 6.08 Å². The Kier molecular flexibility index (Phi) is 9.26. The first kappa shape index (κ1) is 25.0. The third kappa shape index (κ3) is 7.76. The highest BCUT2D eigenvalue weighted by atomic mass is 35.5. The minimum Gasteiger partial charge on any atom is -0.493 e. The van der Waals surface area contributed by atoms with Gasteiger partial charge in [0, 0.05) is 23.6 Å². The van der Waals surface area contributed by atoms with Crippen LogP contribution in [0.5, 0.6) is 5.75 Å². The number of ether oxygens (including phenoxy) is 1. The van der Waals surface area contributed by atoms with Gasteiger partial charge in [0.2, 0.25) is 0 Å². The summed E-state index contributed by atoms with van der Waals surface area (Å²) in [6.45, 7) is 2.44. The van der Waals surface area contributed by atoms with Gasteiger partial charge in [0.25, 0.3) is 11.8 Å². The molecule has 176 valence electrons. The topological polar surface area (TPSA) is 87.7 Å². The summed E-state index contributed by atoms with van der Waals surface area (Å²) in [7, 11) is 0. The van der Waals surface area contributed by atoms with Gasteiger partial charge < -0.3 is 20.5 Å². The molecular formula is C27H27ClN2O4. The average Bonchev–Trinajstić information content (AvgIpc) is 2.84. The number of hydrogen-bond acceptors (Lipinski definition) is 4. The fraction of sp³-hybridized carbons (Fsp3) is 0.185. The molecule has 3 aromatic carbocycles. The van der Waals surface area contributed by atoms with E-state index in [0.29, 0.717) is 28.5 Å². The van der Waals surface area contributed by atoms with Crippen LogP contribution in [0.15, 0.2) is 78.5 Å². The fourth-order valence-corrected chi connectivity index (χ4v) is 3.33. The van der Waals surface area contributed by atoms with Crippen LogP contribution in [0, 0.1) is 6.92 Å². The second kappa shape index (κ2) is 12.6. The first-order chi connectivity index (χ1) is 16.4. The van der Waals surface area contributed by atoms with Gasteiger partial charge in [0.15, 0.2) is 0 Å². The summed E-state index contributed by atoms with van der Waals surface area (Å²) in [5.74, 6) is -0.291. The van der Waals surface area contributed by atoms with Gasteiger partial charge in [-0.25, -0.2) is 0 Å². The Hall–Kier alpha value is -3.61. The summed E-state index contributed by atoms with van der Waals surface area (Å²) in [6.07, 6.45) is 2.33. The zero-order valence-corrected chi connectivity index (χ0v) is 19.6. The largest absolute Gasteiger partial charge is 0.493 e. The number of halogens is 1. The summed E-state index contributed by atoms with van der Waals surface area (Å²) in [5, 5.41) is 14.8. The van der Waals surface area contributed by atoms with Gasteiger partial charge in [0.1, 0.15) is 11.4 Å². The molecule has 6 nitrogen and oxygen atoms in total. The second-order valence-electron chi connectivity index (χ2n) is 7.66. The van der Waals surface area contributed by atoms with Crippen molar-refractivity contribution in [3.63, 3.8) is 0 Å². The molecule has 3 aromatic rings. The van der Waals surface area contributed by atoms with Gasteiger partial charge in [0.05, 0.1) is 13.2 Å². The Morgan fingerprint density at radius 2 is 1.76 bits per heavy atom. The van der Waals surface area contributed by atoms with Crippen molar-refractivity contribution < 1.29 is 19.4 Å². The molecule has 3 N–H and O–H groups in total. The van der Waals surface area contributed by atoms with Gasteiger partial charge in [-0.1, -0.05) is 53.6 Å². The number of aryl methyl sites for hydroxylation is 1. The number of amides is 2. The predicted octanol–water partition coefficient (Wildman–Crippen LogP) is 4.15. The quantitative estimate of drug-likeness (QED) is 0.382. The van der Waals surface area contributed by atoms with E-state index in [1.807, 2.05) is 6.07 Å². The lowest BCUT2D eigenvalue weighted by atomic mass is 10.1. The lowest BCUT2D eigenvalue weighted by Crippen LogP contribution is -2.36. The van der Waals surface area contributed by atoms with Gasteiger partial charge in [-0.15, -0.1) is 0 Å². The maximum Gasteiger partial charge on any atom is 0.267 e. The van der Waals surface area contributed by atoms with E-state index < -0.39 is 11.8 Å². The highest BCUT2D eigenvalue weighted by molar-refractivity contribution is 6.30. The normalized spacial score (nSPS) is 11.1. The van der Waals surface area contributed by atoms with Crippen molar-refractivity contribution in [2.24, 2.45) is 0 Å². The molecule has 0 fully saturated rings. The molecule has 0 saturated carbocycles. The van der Waals surface area contributed by atoms with Gasteiger partial charge >= 0.3 is 0 Å². The number of aliphatic hydroxyl groups is 1. The molecule has 0 aromatic heterocycles. The molecule has 0 unspecified atom stereocenters. The van der Waals surface area contributed by atoms with Crippen LogP contribution in [0.1, 0.15) is 27.0 Å². The molecule has 2 amide bonds. The maximum atomic E-state index is 12.8. The van der Waals surface area contributed by atoms with Crippen molar-refractivity contribution in [2.45, 2.75) is 13.3 Å². The van der Waals surface area contributed by atoms with E-state index in [4.69, 9.17) is 21.4 Å². The number of benzene rings is 3. The van der Waals surface area contributed by atoms with Crippen LogP contribution in [-0.2, 0) is 11.2 Å². The van der Waals surface area contributed by atoms with E-state index >= 15 is 0 Å². The van der Waals surface area contributed by atoms with Crippen LogP contribution in [0.3, 0.4) is 0 Å². The zero-order valence-electron chi connectivity index (χ0n) is 18.9. The molecule has 0 aliphatic rings. The number of hydrogen-bond donors (Lipinski definition) is 3. The highest BCUT2D eigenvalue weighted by Gasteiger charge is 2.14. The van der Waals surface area contributed by atoms with E-state index in [2.05, 4.69) is 35.8 Å². The van der Waals surface area contributed by atoms with Crippen molar-refractivity contribution in [3.8, 4) is 5.75 Å². The lowest BCUT2D eigenvalue weighted by Gasteiger charge is -2.11. The monoisotopic (exact) mass is 478 g/mol. The Balaban J connectivity index is 1.63. The summed E-state index contributed by atoms with van der Waals surface area (Å²) in [6, 6.07) is 21.8. The summed E-state index contributed by atoms with van der Waals surface area (Å²) < 4.78 is 5.80. The summed E-state index contributed by atoms with van der Waals surface area (Å²) >= 11 is 5.92. The second-order valence-corrected chi connectivity index (χ2v) is 8.09. The first-order valence-corrected chi connectivity index (χ1v) is 11.3. The summed E-state index contributed by atoms with van der Waals surface area (Å²) in [4.78, 5) is 25.3. The fourth-order valence-electron chi connectivity index (χ4n) is 3.20. The highest BCUT2D eigenvalue weighted by Crippen LogP contribution is 2.15. The Bertz CT molecular complexity index is 1140.